The van der Waals surface area contributed by atoms with Gasteiger partial charge in [-0.15, -0.1) is 0 Å². The highest BCUT2D eigenvalue weighted by molar-refractivity contribution is 5.52. The van der Waals surface area contributed by atoms with Gasteiger partial charge >= 0.3 is 0 Å². The van der Waals surface area contributed by atoms with Gasteiger partial charge in [0.2, 0.25) is 0 Å². The minimum atomic E-state index is 0.254. The fourth-order valence-corrected chi connectivity index (χ4v) is 1.12. The molecule has 0 spiro atoms. The molecule has 0 radical (unpaired) electrons. The van der Waals surface area contributed by atoms with Crippen LogP contribution in [-0.2, 0) is 0 Å². The van der Waals surface area contributed by atoms with E-state index in [0.29, 0.717) is 0 Å². The fraction of sp³-hybridized carbons (Fsp3) is 0. The zero-order valence-electron chi connectivity index (χ0n) is 8.01. The second-order valence-corrected chi connectivity index (χ2v) is 3.03. The molecular formula is C11H11N3O. The summed E-state index contributed by atoms with van der Waals surface area (Å²) in [6.07, 6.45) is 3.42. The van der Waals surface area contributed by atoms with E-state index in [1.165, 1.54) is 0 Å². The van der Waals surface area contributed by atoms with Crippen LogP contribution in [0.1, 0.15) is 0 Å². The summed E-state index contributed by atoms with van der Waals surface area (Å²) < 4.78 is 0. The third-order valence-corrected chi connectivity index (χ3v) is 1.90. The maximum Gasteiger partial charge on any atom is 0.115 e. The third-order valence-electron chi connectivity index (χ3n) is 1.90. The predicted molar refractivity (Wildman–Crippen MR) is 59.6 cm³/mol. The average molecular weight is 201 g/mol. The lowest BCUT2D eigenvalue weighted by Gasteiger charge is -2.08. The molecule has 4 nitrogen and oxygen atoms in total. The van der Waals surface area contributed by atoms with Gasteiger partial charge < -0.3 is 16.0 Å². The zero-order valence-corrected chi connectivity index (χ0v) is 8.01. The molecule has 0 atom stereocenters. The molecule has 0 amide bonds. The van der Waals surface area contributed by atoms with Crippen LogP contribution in [0.25, 0.3) is 0 Å². The van der Waals surface area contributed by atoms with E-state index < -0.39 is 0 Å². The molecule has 2 rings (SSSR count). The van der Waals surface area contributed by atoms with Crippen molar-refractivity contribution in [3.63, 3.8) is 0 Å². The van der Waals surface area contributed by atoms with Crippen LogP contribution in [0, 0.1) is 0 Å². The number of pyridine rings is 1. The van der Waals surface area contributed by atoms with E-state index in [9.17, 15) is 0 Å². The van der Waals surface area contributed by atoms with Gasteiger partial charge in [0.1, 0.15) is 5.75 Å². The molecule has 0 aliphatic carbocycles. The Morgan fingerprint density at radius 3 is 1.93 bits per heavy atom. The summed E-state index contributed by atoms with van der Waals surface area (Å²) in [6, 6.07) is 10.5. The second-order valence-electron chi connectivity index (χ2n) is 3.03. The minimum Gasteiger partial charge on any atom is -0.508 e. The van der Waals surface area contributed by atoms with Crippen LogP contribution in [0.2, 0.25) is 0 Å². The van der Waals surface area contributed by atoms with Gasteiger partial charge in [0.15, 0.2) is 0 Å². The third kappa shape index (κ3) is 2.60. The first kappa shape index (κ1) is 9.33. The van der Waals surface area contributed by atoms with Crippen molar-refractivity contribution in [3.05, 3.63) is 48.8 Å². The van der Waals surface area contributed by atoms with Crippen molar-refractivity contribution in [3.8, 4) is 5.75 Å². The van der Waals surface area contributed by atoms with Crippen LogP contribution in [-0.4, -0.2) is 10.1 Å². The Kier molecular flexibility index (Phi) is 2.69. The lowest BCUT2D eigenvalue weighted by Crippen LogP contribution is -2.07. The summed E-state index contributed by atoms with van der Waals surface area (Å²) in [7, 11) is 0. The summed E-state index contributed by atoms with van der Waals surface area (Å²) in [5, 5.41) is 9.09. The van der Waals surface area contributed by atoms with E-state index >= 15 is 0 Å². The number of hydrogen-bond acceptors (Lipinski definition) is 4. The Morgan fingerprint density at radius 2 is 1.33 bits per heavy atom. The highest BCUT2D eigenvalue weighted by Gasteiger charge is 1.92. The summed E-state index contributed by atoms with van der Waals surface area (Å²) in [4.78, 5) is 3.91. The first-order chi connectivity index (χ1) is 7.34. The van der Waals surface area contributed by atoms with Crippen molar-refractivity contribution >= 4 is 11.4 Å². The molecule has 0 bridgehead atoms. The predicted octanol–water partition coefficient (Wildman–Crippen LogP) is 2.23. The van der Waals surface area contributed by atoms with E-state index in [1.54, 1.807) is 36.7 Å². The zero-order chi connectivity index (χ0) is 10.5. The van der Waals surface area contributed by atoms with Gasteiger partial charge in [-0.25, -0.2) is 0 Å². The molecule has 1 aromatic carbocycles. The second kappa shape index (κ2) is 4.32. The van der Waals surface area contributed by atoms with Gasteiger partial charge in [-0.05, 0) is 36.4 Å². The number of nitrogens with zero attached hydrogens (tertiary/aromatic N) is 1. The van der Waals surface area contributed by atoms with Gasteiger partial charge in [0.25, 0.3) is 0 Å². The normalized spacial score (nSPS) is 9.60. The molecule has 0 aliphatic heterocycles. The number of anilines is 2. The number of hydrazine groups is 1. The van der Waals surface area contributed by atoms with Crippen molar-refractivity contribution in [1.29, 1.82) is 0 Å². The van der Waals surface area contributed by atoms with Gasteiger partial charge in [-0.1, -0.05) is 0 Å². The molecule has 2 aromatic rings. The number of benzene rings is 1. The average Bonchev–Trinajstić information content (AvgIpc) is 2.30. The number of hydrogen-bond donors (Lipinski definition) is 3. The van der Waals surface area contributed by atoms with Gasteiger partial charge in [-0.2, -0.15) is 0 Å². The number of nitrogens with one attached hydrogen (secondary N) is 2. The molecular weight excluding hydrogens is 190 g/mol. The van der Waals surface area contributed by atoms with Crippen molar-refractivity contribution in [2.75, 3.05) is 10.9 Å². The van der Waals surface area contributed by atoms with E-state index in [2.05, 4.69) is 15.8 Å². The Hall–Kier alpha value is -2.23. The maximum absolute atomic E-state index is 9.09. The monoisotopic (exact) mass is 201 g/mol. The highest BCUT2D eigenvalue weighted by atomic mass is 16.3. The highest BCUT2D eigenvalue weighted by Crippen LogP contribution is 2.14. The molecule has 3 N–H and O–H groups in total. The Morgan fingerprint density at radius 1 is 0.800 bits per heavy atom. The van der Waals surface area contributed by atoms with Crippen molar-refractivity contribution in [2.45, 2.75) is 0 Å². The van der Waals surface area contributed by atoms with Crippen molar-refractivity contribution in [1.82, 2.24) is 4.98 Å². The topological polar surface area (TPSA) is 57.2 Å². The van der Waals surface area contributed by atoms with Crippen LogP contribution in [0.4, 0.5) is 11.4 Å². The summed E-state index contributed by atoms with van der Waals surface area (Å²) in [5.74, 6) is 0.254. The first-order valence-electron chi connectivity index (χ1n) is 4.56. The number of aromatic nitrogens is 1. The SMILES string of the molecule is Oc1ccc(NNc2ccncc2)cc1. The van der Waals surface area contributed by atoms with Gasteiger partial charge in [0.05, 0.1) is 11.4 Å². The lowest BCUT2D eigenvalue weighted by atomic mass is 10.3. The molecule has 0 fully saturated rings. The van der Waals surface area contributed by atoms with Crippen molar-refractivity contribution < 1.29 is 5.11 Å². The van der Waals surface area contributed by atoms with E-state index in [0.717, 1.165) is 11.4 Å². The van der Waals surface area contributed by atoms with E-state index in [4.69, 9.17) is 5.11 Å². The van der Waals surface area contributed by atoms with Crippen LogP contribution in [0.3, 0.4) is 0 Å². The summed E-state index contributed by atoms with van der Waals surface area (Å²) >= 11 is 0. The van der Waals surface area contributed by atoms with Gasteiger partial charge in [-0.3, -0.25) is 4.98 Å². The number of aromatic hydroxyl groups is 1. The number of phenolic OH excluding ortho intramolecular Hbond substituents is 1. The fourth-order valence-electron chi connectivity index (χ4n) is 1.12. The molecule has 4 heteroatoms. The molecule has 76 valence electrons. The summed E-state index contributed by atoms with van der Waals surface area (Å²) in [6.45, 7) is 0. The van der Waals surface area contributed by atoms with E-state index in [-0.39, 0.29) is 5.75 Å². The van der Waals surface area contributed by atoms with Crippen LogP contribution >= 0.6 is 0 Å². The molecule has 0 unspecified atom stereocenters. The largest absolute Gasteiger partial charge is 0.508 e. The lowest BCUT2D eigenvalue weighted by molar-refractivity contribution is 0.475. The Bertz CT molecular complexity index is 414. The van der Waals surface area contributed by atoms with Crippen LogP contribution in [0.5, 0.6) is 5.75 Å². The number of phenols is 1. The molecule has 1 heterocycles. The smallest absolute Gasteiger partial charge is 0.115 e. The summed E-state index contributed by atoms with van der Waals surface area (Å²) in [5.41, 5.74) is 7.82. The van der Waals surface area contributed by atoms with Crippen LogP contribution < -0.4 is 10.9 Å². The standard InChI is InChI=1S/C11H11N3O/c15-11-3-1-9(2-4-11)13-14-10-5-7-12-8-6-10/h1-8,13,15H,(H,12,14). The maximum atomic E-state index is 9.09. The molecule has 15 heavy (non-hydrogen) atoms. The minimum absolute atomic E-state index is 0.254. The van der Waals surface area contributed by atoms with E-state index in [1.807, 2.05) is 12.1 Å². The number of rotatable bonds is 3. The van der Waals surface area contributed by atoms with Crippen molar-refractivity contribution in [2.24, 2.45) is 0 Å². The molecule has 0 saturated heterocycles. The Labute approximate surface area is 87.6 Å². The molecule has 0 saturated carbocycles. The quantitative estimate of drug-likeness (QED) is 0.526. The van der Waals surface area contributed by atoms with Crippen LogP contribution in [0.15, 0.2) is 48.8 Å². The Balaban J connectivity index is 1.96. The first-order valence-corrected chi connectivity index (χ1v) is 4.56. The van der Waals surface area contributed by atoms with Gasteiger partial charge in [0, 0.05) is 12.4 Å². The molecule has 1 aromatic heterocycles. The molecule has 0 aliphatic rings.